The van der Waals surface area contributed by atoms with Crippen LogP contribution in [0, 0.1) is 0 Å². The first kappa shape index (κ1) is 28.4. The third-order valence-electron chi connectivity index (χ3n) is 4.70. The molecule has 1 aromatic carbocycles. The number of hydrogen-bond donors (Lipinski definition) is 5. The van der Waals surface area contributed by atoms with E-state index in [1.807, 2.05) is 30.3 Å². The van der Waals surface area contributed by atoms with Crippen molar-refractivity contribution in [3.63, 3.8) is 0 Å². The number of nitrogens with one attached hydrogen (secondary N) is 3. The van der Waals surface area contributed by atoms with Gasteiger partial charge < -0.3 is 30.9 Å². The standard InChI is InChI=1S/C24H39N3O6/c1-24(2,3)33-23(32)27-19(16-18-10-6-4-7-11-18)20(29)17-22(31)25-13-9-5-8-12-21(30)26-14-15-28/h4,6-7,10-11,19-20,28-29H,5,8-9,12-17H2,1-3H3,(H,25,31)(H,26,30)(H,27,32)/t19-,20+/m1/s1. The van der Waals surface area contributed by atoms with E-state index in [-0.39, 0.29) is 31.4 Å². The van der Waals surface area contributed by atoms with Crippen molar-refractivity contribution in [2.75, 3.05) is 19.7 Å². The van der Waals surface area contributed by atoms with Gasteiger partial charge in [0, 0.05) is 19.5 Å². The molecule has 186 valence electrons. The van der Waals surface area contributed by atoms with Gasteiger partial charge in [-0.1, -0.05) is 36.8 Å². The van der Waals surface area contributed by atoms with Crippen LogP contribution < -0.4 is 16.0 Å². The Labute approximate surface area is 196 Å². The molecule has 0 spiro atoms. The van der Waals surface area contributed by atoms with Gasteiger partial charge in [-0.15, -0.1) is 0 Å². The Bertz CT molecular complexity index is 721. The molecule has 0 aliphatic rings. The van der Waals surface area contributed by atoms with Gasteiger partial charge in [0.05, 0.1) is 25.2 Å². The minimum absolute atomic E-state index is 0.0802. The Balaban J connectivity index is 2.46. The summed E-state index contributed by atoms with van der Waals surface area (Å²) in [6, 6.07) is 8.71. The van der Waals surface area contributed by atoms with Gasteiger partial charge in [0.1, 0.15) is 5.60 Å². The van der Waals surface area contributed by atoms with E-state index in [9.17, 15) is 19.5 Å². The number of aliphatic hydroxyl groups excluding tert-OH is 2. The Hall–Kier alpha value is -2.65. The van der Waals surface area contributed by atoms with Crippen molar-refractivity contribution in [1.29, 1.82) is 0 Å². The maximum atomic E-state index is 12.3. The predicted molar refractivity (Wildman–Crippen MR) is 126 cm³/mol. The van der Waals surface area contributed by atoms with Crippen LogP contribution in [0.1, 0.15) is 58.4 Å². The van der Waals surface area contributed by atoms with Crippen LogP contribution in [0.25, 0.3) is 0 Å². The third-order valence-corrected chi connectivity index (χ3v) is 4.70. The molecule has 0 bridgehead atoms. The normalized spacial score (nSPS) is 13.0. The van der Waals surface area contributed by atoms with Gasteiger partial charge in [-0.2, -0.15) is 0 Å². The maximum Gasteiger partial charge on any atom is 0.407 e. The van der Waals surface area contributed by atoms with Crippen molar-refractivity contribution in [2.24, 2.45) is 0 Å². The zero-order valence-corrected chi connectivity index (χ0v) is 19.9. The fourth-order valence-electron chi connectivity index (χ4n) is 3.11. The molecule has 33 heavy (non-hydrogen) atoms. The molecule has 2 atom stereocenters. The highest BCUT2D eigenvalue weighted by molar-refractivity contribution is 5.77. The lowest BCUT2D eigenvalue weighted by molar-refractivity contribution is -0.123. The highest BCUT2D eigenvalue weighted by atomic mass is 16.6. The lowest BCUT2D eigenvalue weighted by Crippen LogP contribution is -2.48. The molecule has 5 N–H and O–H groups in total. The molecule has 0 radical (unpaired) electrons. The first-order valence-corrected chi connectivity index (χ1v) is 11.5. The third kappa shape index (κ3) is 14.2. The minimum Gasteiger partial charge on any atom is -0.444 e. The number of alkyl carbamates (subject to hydrolysis) is 1. The number of ether oxygens (including phenoxy) is 1. The van der Waals surface area contributed by atoms with Crippen LogP contribution in [0.3, 0.4) is 0 Å². The molecule has 1 rings (SSSR count). The Kier molecular flexibility index (Phi) is 13.1. The zero-order valence-electron chi connectivity index (χ0n) is 19.9. The van der Waals surface area contributed by atoms with Crippen molar-refractivity contribution in [1.82, 2.24) is 16.0 Å². The number of hydrogen-bond acceptors (Lipinski definition) is 6. The summed E-state index contributed by atoms with van der Waals surface area (Å²) >= 11 is 0. The summed E-state index contributed by atoms with van der Waals surface area (Å²) < 4.78 is 5.30. The van der Waals surface area contributed by atoms with E-state index in [2.05, 4.69) is 16.0 Å². The first-order chi connectivity index (χ1) is 15.6. The highest BCUT2D eigenvalue weighted by Gasteiger charge is 2.26. The van der Waals surface area contributed by atoms with Crippen LogP contribution in [0.5, 0.6) is 0 Å². The molecular formula is C24H39N3O6. The van der Waals surface area contributed by atoms with Crippen LogP contribution in [0.2, 0.25) is 0 Å². The number of rotatable bonds is 14. The van der Waals surface area contributed by atoms with Crippen molar-refractivity contribution < 1.29 is 29.3 Å². The minimum atomic E-state index is -1.09. The van der Waals surface area contributed by atoms with E-state index in [0.717, 1.165) is 12.0 Å². The van der Waals surface area contributed by atoms with Crippen LogP contribution in [-0.2, 0) is 20.7 Å². The summed E-state index contributed by atoms with van der Waals surface area (Å²) in [5.74, 6) is -0.412. The van der Waals surface area contributed by atoms with Crippen LogP contribution >= 0.6 is 0 Å². The van der Waals surface area contributed by atoms with Gasteiger partial charge in [-0.3, -0.25) is 9.59 Å². The topological polar surface area (TPSA) is 137 Å². The lowest BCUT2D eigenvalue weighted by Gasteiger charge is -2.26. The highest BCUT2D eigenvalue weighted by Crippen LogP contribution is 2.12. The van der Waals surface area contributed by atoms with Crippen LogP contribution in [0.4, 0.5) is 4.79 Å². The Morgan fingerprint density at radius 3 is 2.27 bits per heavy atom. The first-order valence-electron chi connectivity index (χ1n) is 11.5. The van der Waals surface area contributed by atoms with Gasteiger partial charge in [0.25, 0.3) is 0 Å². The quantitative estimate of drug-likeness (QED) is 0.265. The van der Waals surface area contributed by atoms with E-state index in [1.54, 1.807) is 20.8 Å². The van der Waals surface area contributed by atoms with Crippen molar-refractivity contribution >= 4 is 17.9 Å². The second-order valence-electron chi connectivity index (χ2n) is 8.95. The molecule has 3 amide bonds. The molecule has 0 aliphatic heterocycles. The summed E-state index contributed by atoms with van der Waals surface area (Å²) in [7, 11) is 0. The fourth-order valence-corrected chi connectivity index (χ4v) is 3.11. The van der Waals surface area contributed by atoms with E-state index < -0.39 is 23.8 Å². The van der Waals surface area contributed by atoms with Gasteiger partial charge in [-0.05, 0) is 45.6 Å². The number of aliphatic hydroxyl groups is 2. The fraction of sp³-hybridized carbons (Fsp3) is 0.625. The van der Waals surface area contributed by atoms with E-state index in [4.69, 9.17) is 9.84 Å². The second-order valence-corrected chi connectivity index (χ2v) is 8.95. The Morgan fingerprint density at radius 1 is 0.970 bits per heavy atom. The number of carbonyl (C=O) groups excluding carboxylic acids is 3. The van der Waals surface area contributed by atoms with E-state index in [0.29, 0.717) is 32.2 Å². The van der Waals surface area contributed by atoms with Gasteiger partial charge in [0.15, 0.2) is 0 Å². The molecule has 0 unspecified atom stereocenters. The summed E-state index contributed by atoms with van der Waals surface area (Å²) in [6.45, 7) is 5.87. The maximum absolute atomic E-state index is 12.3. The summed E-state index contributed by atoms with van der Waals surface area (Å²) in [4.78, 5) is 36.0. The average molecular weight is 466 g/mol. The zero-order chi connectivity index (χ0) is 24.7. The van der Waals surface area contributed by atoms with Crippen molar-refractivity contribution in [3.8, 4) is 0 Å². The number of benzene rings is 1. The average Bonchev–Trinajstić information content (AvgIpc) is 2.73. The van der Waals surface area contributed by atoms with Gasteiger partial charge >= 0.3 is 6.09 Å². The number of carbonyl (C=O) groups is 3. The molecule has 9 heteroatoms. The van der Waals surface area contributed by atoms with E-state index in [1.165, 1.54) is 0 Å². The summed E-state index contributed by atoms with van der Waals surface area (Å²) in [5.41, 5.74) is 0.240. The van der Waals surface area contributed by atoms with Crippen molar-refractivity contribution in [3.05, 3.63) is 35.9 Å². The largest absolute Gasteiger partial charge is 0.444 e. The number of unbranched alkanes of at least 4 members (excludes halogenated alkanes) is 2. The molecular weight excluding hydrogens is 426 g/mol. The molecule has 0 aromatic heterocycles. The van der Waals surface area contributed by atoms with E-state index >= 15 is 0 Å². The van der Waals surface area contributed by atoms with Crippen molar-refractivity contribution in [2.45, 2.75) is 77.0 Å². The molecule has 0 heterocycles. The molecule has 0 saturated heterocycles. The monoisotopic (exact) mass is 465 g/mol. The van der Waals surface area contributed by atoms with Gasteiger partial charge in [0.2, 0.25) is 11.8 Å². The van der Waals surface area contributed by atoms with Crippen LogP contribution in [0.15, 0.2) is 30.3 Å². The summed E-state index contributed by atoms with van der Waals surface area (Å²) in [6.07, 6.45) is 1.01. The molecule has 0 fully saturated rings. The predicted octanol–water partition coefficient (Wildman–Crippen LogP) is 1.66. The Morgan fingerprint density at radius 2 is 1.64 bits per heavy atom. The smallest absolute Gasteiger partial charge is 0.407 e. The number of amides is 3. The van der Waals surface area contributed by atoms with Gasteiger partial charge in [-0.25, -0.2) is 4.79 Å². The molecule has 1 aromatic rings. The van der Waals surface area contributed by atoms with Crippen LogP contribution in [-0.4, -0.2) is 65.6 Å². The molecule has 0 saturated carbocycles. The summed E-state index contributed by atoms with van der Waals surface area (Å²) in [5, 5.41) is 27.4. The molecule has 0 aliphatic carbocycles. The second kappa shape index (κ2) is 15.2. The lowest BCUT2D eigenvalue weighted by atomic mass is 9.99. The SMILES string of the molecule is CC(C)(C)OC(=O)N[C@H](Cc1ccccc1)[C@@H](O)CC(=O)NCCCCCC(=O)NCCO. The molecule has 9 nitrogen and oxygen atoms in total.